The van der Waals surface area contributed by atoms with Gasteiger partial charge in [0.05, 0.1) is 0 Å². The third kappa shape index (κ3) is 4.83. The summed E-state index contributed by atoms with van der Waals surface area (Å²) >= 11 is 1.93. The molecule has 0 aromatic heterocycles. The van der Waals surface area contributed by atoms with Gasteiger partial charge in [0, 0.05) is 18.3 Å². The predicted molar refractivity (Wildman–Crippen MR) is 84.5 cm³/mol. The van der Waals surface area contributed by atoms with Crippen LogP contribution in [0.4, 0.5) is 0 Å². The lowest BCUT2D eigenvalue weighted by Gasteiger charge is -2.34. The number of aliphatic imine (C=N–C) groups is 1. The van der Waals surface area contributed by atoms with E-state index >= 15 is 0 Å². The van der Waals surface area contributed by atoms with Crippen LogP contribution in [0.25, 0.3) is 0 Å². The van der Waals surface area contributed by atoms with Crippen molar-refractivity contribution < 1.29 is 0 Å². The fourth-order valence-electron chi connectivity index (χ4n) is 2.30. The maximum absolute atomic E-state index is 4.76. The van der Waals surface area contributed by atoms with Crippen LogP contribution in [0.5, 0.6) is 0 Å². The van der Waals surface area contributed by atoms with Gasteiger partial charge in [-0.15, -0.1) is 0 Å². The topological polar surface area (TPSA) is 24.4 Å². The standard InChI is InChI=1S/C15H30N2S/c1-5-8-9-10-13(4)17-14-16-11-15(6-2,7-3)12-18-14/h13H,5-12H2,1-4H3,(H,16,17). The molecule has 106 valence electrons. The molecular formula is C15H30N2S. The van der Waals surface area contributed by atoms with Crippen molar-refractivity contribution >= 4 is 16.9 Å². The maximum Gasteiger partial charge on any atom is 0.156 e. The van der Waals surface area contributed by atoms with E-state index in [-0.39, 0.29) is 0 Å². The van der Waals surface area contributed by atoms with Crippen LogP contribution < -0.4 is 5.32 Å². The molecule has 1 aliphatic heterocycles. The Kier molecular flexibility index (Phi) is 7.13. The molecule has 18 heavy (non-hydrogen) atoms. The van der Waals surface area contributed by atoms with Crippen molar-refractivity contribution in [2.45, 2.75) is 72.3 Å². The lowest BCUT2D eigenvalue weighted by atomic mass is 9.84. The van der Waals surface area contributed by atoms with Crippen molar-refractivity contribution in [2.24, 2.45) is 10.4 Å². The summed E-state index contributed by atoms with van der Waals surface area (Å²) in [4.78, 5) is 4.76. The average molecular weight is 270 g/mol. The van der Waals surface area contributed by atoms with Crippen LogP contribution in [0.15, 0.2) is 4.99 Å². The summed E-state index contributed by atoms with van der Waals surface area (Å²) in [5.41, 5.74) is 0.460. The highest BCUT2D eigenvalue weighted by molar-refractivity contribution is 8.13. The van der Waals surface area contributed by atoms with Gasteiger partial charge in [0.2, 0.25) is 0 Å². The van der Waals surface area contributed by atoms with Crippen LogP contribution in [0, 0.1) is 5.41 Å². The Hall–Kier alpha value is -0.180. The second-order valence-electron chi connectivity index (χ2n) is 5.66. The predicted octanol–water partition coefficient (Wildman–Crippen LogP) is 4.45. The number of amidine groups is 1. The molecule has 1 aliphatic rings. The number of nitrogens with one attached hydrogen (secondary N) is 1. The first-order chi connectivity index (χ1) is 8.65. The molecule has 0 saturated heterocycles. The van der Waals surface area contributed by atoms with Crippen molar-refractivity contribution in [3.05, 3.63) is 0 Å². The molecule has 0 saturated carbocycles. The largest absolute Gasteiger partial charge is 0.362 e. The van der Waals surface area contributed by atoms with E-state index in [2.05, 4.69) is 33.0 Å². The van der Waals surface area contributed by atoms with Crippen LogP contribution in [0.2, 0.25) is 0 Å². The molecule has 3 heteroatoms. The molecule has 0 spiro atoms. The SMILES string of the molecule is CCCCCC(C)NC1=NCC(CC)(CC)CS1. The van der Waals surface area contributed by atoms with E-state index in [1.807, 2.05) is 11.8 Å². The van der Waals surface area contributed by atoms with Crippen LogP contribution in [0.3, 0.4) is 0 Å². The molecule has 1 rings (SSSR count). The number of hydrogen-bond donors (Lipinski definition) is 1. The highest BCUT2D eigenvalue weighted by Crippen LogP contribution is 2.34. The van der Waals surface area contributed by atoms with E-state index in [1.165, 1.54) is 49.4 Å². The number of unbranched alkanes of at least 4 members (excludes halogenated alkanes) is 2. The van der Waals surface area contributed by atoms with Crippen LogP contribution >= 0.6 is 11.8 Å². The molecule has 1 heterocycles. The van der Waals surface area contributed by atoms with Crippen molar-refractivity contribution in [3.63, 3.8) is 0 Å². The zero-order valence-corrected chi connectivity index (χ0v) is 13.4. The minimum atomic E-state index is 0.460. The summed E-state index contributed by atoms with van der Waals surface area (Å²) in [5.74, 6) is 1.23. The monoisotopic (exact) mass is 270 g/mol. The summed E-state index contributed by atoms with van der Waals surface area (Å²) in [5, 5.41) is 4.75. The van der Waals surface area contributed by atoms with Crippen molar-refractivity contribution in [1.82, 2.24) is 5.32 Å². The summed E-state index contributed by atoms with van der Waals surface area (Å²) in [7, 11) is 0. The van der Waals surface area contributed by atoms with Crippen LogP contribution in [-0.2, 0) is 0 Å². The Balaban J connectivity index is 2.34. The van der Waals surface area contributed by atoms with Gasteiger partial charge in [-0.2, -0.15) is 0 Å². The van der Waals surface area contributed by atoms with Gasteiger partial charge in [-0.05, 0) is 31.6 Å². The minimum Gasteiger partial charge on any atom is -0.362 e. The van der Waals surface area contributed by atoms with Gasteiger partial charge >= 0.3 is 0 Å². The Morgan fingerprint density at radius 3 is 2.50 bits per heavy atom. The van der Waals surface area contributed by atoms with Gasteiger partial charge in [-0.25, -0.2) is 0 Å². The molecular weight excluding hydrogens is 240 g/mol. The Labute approximate surface area is 117 Å². The molecule has 0 amide bonds. The second kappa shape index (κ2) is 8.08. The normalized spacial score (nSPS) is 20.3. The second-order valence-corrected chi connectivity index (χ2v) is 6.62. The lowest BCUT2D eigenvalue weighted by Crippen LogP contribution is -2.37. The van der Waals surface area contributed by atoms with E-state index in [9.17, 15) is 0 Å². The summed E-state index contributed by atoms with van der Waals surface area (Å²) < 4.78 is 0. The maximum atomic E-state index is 4.76. The molecule has 0 aliphatic carbocycles. The highest BCUT2D eigenvalue weighted by atomic mass is 32.2. The van der Waals surface area contributed by atoms with Gasteiger partial charge in [-0.1, -0.05) is 51.8 Å². The summed E-state index contributed by atoms with van der Waals surface area (Å²) in [6, 6.07) is 0.568. The number of hydrogen-bond acceptors (Lipinski definition) is 3. The first-order valence-corrected chi connectivity index (χ1v) is 8.58. The molecule has 1 N–H and O–H groups in total. The first-order valence-electron chi connectivity index (χ1n) is 7.59. The van der Waals surface area contributed by atoms with E-state index in [1.54, 1.807) is 0 Å². The molecule has 1 unspecified atom stereocenters. The van der Waals surface area contributed by atoms with E-state index in [0.29, 0.717) is 11.5 Å². The fourth-order valence-corrected chi connectivity index (χ4v) is 3.68. The van der Waals surface area contributed by atoms with E-state index < -0.39 is 0 Å². The molecule has 0 bridgehead atoms. The van der Waals surface area contributed by atoms with E-state index in [0.717, 1.165) is 6.54 Å². The Bertz CT molecular complexity index is 259. The smallest absolute Gasteiger partial charge is 0.156 e. The Morgan fingerprint density at radius 1 is 1.28 bits per heavy atom. The minimum absolute atomic E-state index is 0.460. The molecule has 0 radical (unpaired) electrons. The number of rotatable bonds is 7. The zero-order chi connectivity index (χ0) is 13.4. The van der Waals surface area contributed by atoms with Crippen molar-refractivity contribution in [3.8, 4) is 0 Å². The van der Waals surface area contributed by atoms with Gasteiger partial charge in [-0.3, -0.25) is 4.99 Å². The molecule has 2 nitrogen and oxygen atoms in total. The summed E-state index contributed by atoms with van der Waals surface area (Å²) in [6.07, 6.45) is 7.74. The zero-order valence-electron chi connectivity index (χ0n) is 12.6. The van der Waals surface area contributed by atoms with Gasteiger partial charge in [0.1, 0.15) is 0 Å². The van der Waals surface area contributed by atoms with E-state index in [4.69, 9.17) is 4.99 Å². The lowest BCUT2D eigenvalue weighted by molar-refractivity contribution is 0.318. The fraction of sp³-hybridized carbons (Fsp3) is 0.933. The van der Waals surface area contributed by atoms with Crippen LogP contribution in [-0.4, -0.2) is 23.5 Å². The Morgan fingerprint density at radius 2 is 2.00 bits per heavy atom. The first kappa shape index (κ1) is 15.9. The van der Waals surface area contributed by atoms with Gasteiger partial charge in [0.25, 0.3) is 0 Å². The third-order valence-electron chi connectivity index (χ3n) is 4.18. The van der Waals surface area contributed by atoms with Crippen molar-refractivity contribution in [1.29, 1.82) is 0 Å². The summed E-state index contributed by atoms with van der Waals surface area (Å²) in [6.45, 7) is 10.1. The quantitative estimate of drug-likeness (QED) is 0.691. The number of nitrogens with zero attached hydrogens (tertiary/aromatic N) is 1. The van der Waals surface area contributed by atoms with Gasteiger partial charge in [0.15, 0.2) is 5.17 Å². The molecule has 0 aromatic rings. The number of thioether (sulfide) groups is 1. The highest BCUT2D eigenvalue weighted by Gasteiger charge is 2.30. The molecule has 0 fully saturated rings. The third-order valence-corrected chi connectivity index (χ3v) is 5.46. The average Bonchev–Trinajstić information content (AvgIpc) is 2.40. The molecule has 0 aromatic carbocycles. The van der Waals surface area contributed by atoms with Crippen molar-refractivity contribution in [2.75, 3.05) is 12.3 Å². The van der Waals surface area contributed by atoms with Crippen LogP contribution in [0.1, 0.15) is 66.2 Å². The molecule has 1 atom stereocenters. The van der Waals surface area contributed by atoms with Gasteiger partial charge < -0.3 is 5.32 Å².